The van der Waals surface area contributed by atoms with Gasteiger partial charge in [-0.3, -0.25) is 0 Å². The van der Waals surface area contributed by atoms with Gasteiger partial charge in [0.05, 0.1) is 0 Å². The van der Waals surface area contributed by atoms with Gasteiger partial charge >= 0.3 is 0 Å². The molecule has 1 atom stereocenters. The first-order valence-corrected chi connectivity index (χ1v) is 5.40. The Hall–Kier alpha value is -0.780. The van der Waals surface area contributed by atoms with Crippen molar-refractivity contribution in [3.8, 4) is 12.3 Å². The first kappa shape index (κ1) is 10.3. The first-order valence-electron chi connectivity index (χ1n) is 4.52. The zero-order valence-electron chi connectivity index (χ0n) is 7.92. The molecule has 0 aliphatic heterocycles. The SMILES string of the molecule is C#CCCNC(C)Cc1cccs1. The minimum absolute atomic E-state index is 0.520. The van der Waals surface area contributed by atoms with E-state index in [1.807, 2.05) is 11.3 Å². The van der Waals surface area contributed by atoms with Gasteiger partial charge in [-0.2, -0.15) is 0 Å². The highest BCUT2D eigenvalue weighted by Gasteiger charge is 2.02. The summed E-state index contributed by atoms with van der Waals surface area (Å²) in [6.07, 6.45) is 7.08. The van der Waals surface area contributed by atoms with Gasteiger partial charge in [0.2, 0.25) is 0 Å². The highest BCUT2D eigenvalue weighted by Crippen LogP contribution is 2.10. The third kappa shape index (κ3) is 4.12. The average Bonchev–Trinajstić information content (AvgIpc) is 2.57. The van der Waals surface area contributed by atoms with Crippen LogP contribution >= 0.6 is 11.3 Å². The van der Waals surface area contributed by atoms with Crippen molar-refractivity contribution in [2.45, 2.75) is 25.8 Å². The van der Waals surface area contributed by atoms with Crippen LogP contribution in [0, 0.1) is 12.3 Å². The largest absolute Gasteiger partial charge is 0.313 e. The Morgan fingerprint density at radius 3 is 3.15 bits per heavy atom. The van der Waals surface area contributed by atoms with Gasteiger partial charge in [0.1, 0.15) is 0 Å². The third-order valence-electron chi connectivity index (χ3n) is 1.85. The standard InChI is InChI=1S/C11H15NS/c1-3-4-7-12-10(2)9-11-6-5-8-13-11/h1,5-6,8,10,12H,4,7,9H2,2H3. The molecule has 1 aromatic heterocycles. The molecule has 1 unspecified atom stereocenters. The molecule has 0 saturated heterocycles. The molecule has 1 aromatic rings. The molecule has 13 heavy (non-hydrogen) atoms. The Kier molecular flexibility index (Phi) is 4.59. The van der Waals surface area contributed by atoms with E-state index in [0.717, 1.165) is 19.4 Å². The molecule has 0 saturated carbocycles. The molecule has 2 heteroatoms. The quantitative estimate of drug-likeness (QED) is 0.559. The predicted molar refractivity (Wildman–Crippen MR) is 58.9 cm³/mol. The highest BCUT2D eigenvalue weighted by molar-refractivity contribution is 7.09. The summed E-state index contributed by atoms with van der Waals surface area (Å²) in [4.78, 5) is 1.43. The fourth-order valence-electron chi connectivity index (χ4n) is 1.19. The summed E-state index contributed by atoms with van der Waals surface area (Å²) in [5, 5.41) is 5.50. The lowest BCUT2D eigenvalue weighted by Crippen LogP contribution is -2.28. The maximum atomic E-state index is 5.16. The van der Waals surface area contributed by atoms with Crippen LogP contribution in [0.15, 0.2) is 17.5 Å². The minimum Gasteiger partial charge on any atom is -0.313 e. The Morgan fingerprint density at radius 2 is 2.54 bits per heavy atom. The van der Waals surface area contributed by atoms with Crippen LogP contribution in [0.5, 0.6) is 0 Å². The second-order valence-corrected chi connectivity index (χ2v) is 4.13. The summed E-state index contributed by atoms with van der Waals surface area (Å²) in [6.45, 7) is 3.11. The Bertz CT molecular complexity index is 258. The molecule has 70 valence electrons. The van der Waals surface area contributed by atoms with E-state index >= 15 is 0 Å². The smallest absolute Gasteiger partial charge is 0.0211 e. The lowest BCUT2D eigenvalue weighted by atomic mass is 10.2. The van der Waals surface area contributed by atoms with E-state index in [1.165, 1.54) is 4.88 Å². The lowest BCUT2D eigenvalue weighted by Gasteiger charge is -2.10. The molecule has 0 spiro atoms. The van der Waals surface area contributed by atoms with E-state index in [-0.39, 0.29) is 0 Å². The van der Waals surface area contributed by atoms with Crippen LogP contribution in [-0.4, -0.2) is 12.6 Å². The average molecular weight is 193 g/mol. The van der Waals surface area contributed by atoms with Gasteiger partial charge in [0.15, 0.2) is 0 Å². The predicted octanol–water partition coefficient (Wildman–Crippen LogP) is 2.29. The minimum atomic E-state index is 0.520. The van der Waals surface area contributed by atoms with Crippen LogP contribution < -0.4 is 5.32 Å². The van der Waals surface area contributed by atoms with Gasteiger partial charge in [-0.15, -0.1) is 23.7 Å². The summed E-state index contributed by atoms with van der Waals surface area (Å²) in [5.74, 6) is 2.62. The van der Waals surface area contributed by atoms with Crippen molar-refractivity contribution in [1.82, 2.24) is 5.32 Å². The van der Waals surface area contributed by atoms with Crippen molar-refractivity contribution in [3.63, 3.8) is 0 Å². The van der Waals surface area contributed by atoms with Crippen molar-refractivity contribution < 1.29 is 0 Å². The Balaban J connectivity index is 2.19. The Labute approximate surface area is 84.2 Å². The van der Waals surface area contributed by atoms with Crippen molar-refractivity contribution >= 4 is 11.3 Å². The number of nitrogens with one attached hydrogen (secondary N) is 1. The molecule has 1 rings (SSSR count). The molecule has 0 fully saturated rings. The van der Waals surface area contributed by atoms with Crippen LogP contribution in [-0.2, 0) is 6.42 Å². The van der Waals surface area contributed by atoms with Crippen molar-refractivity contribution in [1.29, 1.82) is 0 Å². The number of terminal acetylenes is 1. The van der Waals surface area contributed by atoms with Gasteiger partial charge < -0.3 is 5.32 Å². The third-order valence-corrected chi connectivity index (χ3v) is 2.75. The van der Waals surface area contributed by atoms with Gasteiger partial charge in [-0.05, 0) is 24.8 Å². The number of hydrogen-bond acceptors (Lipinski definition) is 2. The monoisotopic (exact) mass is 193 g/mol. The molecule has 1 N–H and O–H groups in total. The van der Waals surface area contributed by atoms with Crippen molar-refractivity contribution in [2.75, 3.05) is 6.54 Å². The van der Waals surface area contributed by atoms with E-state index in [4.69, 9.17) is 6.42 Å². The molecular weight excluding hydrogens is 178 g/mol. The van der Waals surface area contributed by atoms with E-state index in [0.29, 0.717) is 6.04 Å². The maximum Gasteiger partial charge on any atom is 0.0211 e. The van der Waals surface area contributed by atoms with E-state index in [2.05, 4.69) is 35.7 Å². The number of thiophene rings is 1. The first-order chi connectivity index (χ1) is 6.33. The van der Waals surface area contributed by atoms with Crippen LogP contribution in [0.2, 0.25) is 0 Å². The van der Waals surface area contributed by atoms with Gasteiger partial charge in [-0.25, -0.2) is 0 Å². The summed E-state index contributed by atoms with van der Waals surface area (Å²) >= 11 is 1.81. The lowest BCUT2D eigenvalue weighted by molar-refractivity contribution is 0.557. The normalized spacial score (nSPS) is 12.3. The van der Waals surface area contributed by atoms with Gasteiger partial charge in [0, 0.05) is 23.9 Å². The van der Waals surface area contributed by atoms with Crippen LogP contribution in [0.3, 0.4) is 0 Å². The molecule has 0 radical (unpaired) electrons. The number of hydrogen-bond donors (Lipinski definition) is 1. The molecule has 0 bridgehead atoms. The molecule has 0 aliphatic rings. The molecule has 0 aromatic carbocycles. The van der Waals surface area contributed by atoms with E-state index in [9.17, 15) is 0 Å². The molecule has 0 amide bonds. The van der Waals surface area contributed by atoms with Gasteiger partial charge in [-0.1, -0.05) is 6.07 Å². The molecule has 1 nitrogen and oxygen atoms in total. The van der Waals surface area contributed by atoms with Crippen LogP contribution in [0.1, 0.15) is 18.2 Å². The summed E-state index contributed by atoms with van der Waals surface area (Å²) in [5.41, 5.74) is 0. The van der Waals surface area contributed by atoms with Crippen molar-refractivity contribution in [3.05, 3.63) is 22.4 Å². The van der Waals surface area contributed by atoms with E-state index in [1.54, 1.807) is 0 Å². The zero-order chi connectivity index (χ0) is 9.52. The van der Waals surface area contributed by atoms with Crippen LogP contribution in [0.25, 0.3) is 0 Å². The summed E-state index contributed by atoms with van der Waals surface area (Å²) < 4.78 is 0. The van der Waals surface area contributed by atoms with Gasteiger partial charge in [0.25, 0.3) is 0 Å². The maximum absolute atomic E-state index is 5.16. The highest BCUT2D eigenvalue weighted by atomic mass is 32.1. The van der Waals surface area contributed by atoms with Crippen LogP contribution in [0.4, 0.5) is 0 Å². The Morgan fingerprint density at radius 1 is 1.69 bits per heavy atom. The fourth-order valence-corrected chi connectivity index (χ4v) is 2.03. The fraction of sp³-hybridized carbons (Fsp3) is 0.455. The number of rotatable bonds is 5. The summed E-state index contributed by atoms with van der Waals surface area (Å²) in [7, 11) is 0. The molecular formula is C11H15NS. The van der Waals surface area contributed by atoms with E-state index < -0.39 is 0 Å². The second-order valence-electron chi connectivity index (χ2n) is 3.09. The van der Waals surface area contributed by atoms with Crippen molar-refractivity contribution in [2.24, 2.45) is 0 Å². The topological polar surface area (TPSA) is 12.0 Å². The zero-order valence-corrected chi connectivity index (χ0v) is 8.73. The second kappa shape index (κ2) is 5.80. The summed E-state index contributed by atoms with van der Waals surface area (Å²) in [6, 6.07) is 4.78. The molecule has 0 aliphatic carbocycles. The molecule has 1 heterocycles.